The summed E-state index contributed by atoms with van der Waals surface area (Å²) in [4.78, 5) is 26.3. The number of fused-ring (bicyclic) bond motifs is 1. The van der Waals surface area contributed by atoms with Gasteiger partial charge in [-0.1, -0.05) is 0 Å². The number of nitrogens with zero attached hydrogens (tertiary/aromatic N) is 1. The van der Waals surface area contributed by atoms with Gasteiger partial charge in [0.25, 0.3) is 11.8 Å². The molecule has 3 rings (SSSR count). The molecule has 1 aliphatic rings. The molecule has 0 atom stereocenters. The van der Waals surface area contributed by atoms with Gasteiger partial charge in [0.1, 0.15) is 5.75 Å². The van der Waals surface area contributed by atoms with Crippen molar-refractivity contribution in [1.82, 2.24) is 0 Å². The first kappa shape index (κ1) is 21.3. The summed E-state index contributed by atoms with van der Waals surface area (Å²) in [6.07, 6.45) is 0. The van der Waals surface area contributed by atoms with E-state index in [0.717, 1.165) is 0 Å². The largest absolute Gasteiger partial charge is 0.490 e. The third-order valence-electron chi connectivity index (χ3n) is 4.47. The van der Waals surface area contributed by atoms with Crippen LogP contribution in [-0.4, -0.2) is 45.3 Å². The van der Waals surface area contributed by atoms with Crippen LogP contribution in [0.25, 0.3) is 0 Å². The Hall–Kier alpha value is -3.42. The lowest BCUT2D eigenvalue weighted by molar-refractivity contribution is -0.120. The van der Waals surface area contributed by atoms with Crippen LogP contribution in [0.3, 0.4) is 0 Å². The molecule has 2 aromatic rings. The molecule has 2 aromatic carbocycles. The van der Waals surface area contributed by atoms with Crippen LogP contribution in [0, 0.1) is 0 Å². The second-order valence-corrected chi connectivity index (χ2v) is 6.48. The molecule has 30 heavy (non-hydrogen) atoms. The zero-order valence-electron chi connectivity index (χ0n) is 17.6. The maximum Gasteiger partial charge on any atom is 0.264 e. The summed E-state index contributed by atoms with van der Waals surface area (Å²) in [7, 11) is 1.67. The van der Waals surface area contributed by atoms with Gasteiger partial charge in [-0.3, -0.25) is 9.59 Å². The Morgan fingerprint density at radius 3 is 2.27 bits per heavy atom. The average molecular weight is 414 g/mol. The number of hydrogen-bond acceptors (Lipinski definition) is 6. The molecule has 0 aromatic heterocycles. The molecule has 8 nitrogen and oxygen atoms in total. The lowest BCUT2D eigenvalue weighted by Gasteiger charge is -2.26. The van der Waals surface area contributed by atoms with Gasteiger partial charge in [0.15, 0.2) is 18.1 Å². The first-order chi connectivity index (χ1) is 14.5. The van der Waals surface area contributed by atoms with E-state index in [1.165, 1.54) is 4.90 Å². The van der Waals surface area contributed by atoms with Crippen LogP contribution in [0.2, 0.25) is 0 Å². The molecule has 8 heteroatoms. The van der Waals surface area contributed by atoms with Gasteiger partial charge < -0.3 is 29.2 Å². The smallest absolute Gasteiger partial charge is 0.264 e. The Morgan fingerprint density at radius 1 is 1.03 bits per heavy atom. The van der Waals surface area contributed by atoms with Crippen molar-refractivity contribution in [2.24, 2.45) is 0 Å². The molecule has 0 fully saturated rings. The van der Waals surface area contributed by atoms with Crippen LogP contribution in [0.5, 0.6) is 23.0 Å². The lowest BCUT2D eigenvalue weighted by Crippen LogP contribution is -2.35. The predicted octanol–water partition coefficient (Wildman–Crippen LogP) is 3.49. The van der Waals surface area contributed by atoms with Crippen molar-refractivity contribution in [2.45, 2.75) is 20.8 Å². The molecular formula is C22H26N2O6. The van der Waals surface area contributed by atoms with Crippen molar-refractivity contribution >= 4 is 23.2 Å². The number of amides is 2. The minimum Gasteiger partial charge on any atom is -0.490 e. The molecule has 1 N–H and O–H groups in total. The minimum absolute atomic E-state index is 0.00178. The highest BCUT2D eigenvalue weighted by Gasteiger charge is 2.23. The maximum absolute atomic E-state index is 12.9. The topological polar surface area (TPSA) is 86.3 Å². The van der Waals surface area contributed by atoms with Crippen molar-refractivity contribution < 1.29 is 28.5 Å². The van der Waals surface area contributed by atoms with Crippen molar-refractivity contribution in [3.63, 3.8) is 0 Å². The van der Waals surface area contributed by atoms with Gasteiger partial charge in [-0.25, -0.2) is 0 Å². The summed E-state index contributed by atoms with van der Waals surface area (Å²) in [6.45, 7) is 6.86. The number of rotatable bonds is 8. The molecule has 0 unspecified atom stereocenters. The number of hydrogen-bond donors (Lipinski definition) is 1. The Labute approximate surface area is 175 Å². The molecule has 0 spiro atoms. The zero-order valence-corrected chi connectivity index (χ0v) is 17.6. The molecule has 0 radical (unpaired) electrons. The zero-order chi connectivity index (χ0) is 21.7. The summed E-state index contributed by atoms with van der Waals surface area (Å²) in [5, 5.41) is 2.85. The van der Waals surface area contributed by atoms with Gasteiger partial charge >= 0.3 is 0 Å². The number of carbonyl (C=O) groups excluding carboxylic acids is 2. The van der Waals surface area contributed by atoms with Crippen molar-refractivity contribution in [3.05, 3.63) is 35.9 Å². The van der Waals surface area contributed by atoms with Crippen molar-refractivity contribution in [2.75, 3.05) is 43.7 Å². The molecule has 0 saturated heterocycles. The molecule has 1 aliphatic heterocycles. The van der Waals surface area contributed by atoms with Gasteiger partial charge in [0, 0.05) is 18.3 Å². The number of nitrogens with one attached hydrogen (secondary N) is 1. The second kappa shape index (κ2) is 9.39. The predicted molar refractivity (Wildman–Crippen MR) is 113 cm³/mol. The maximum atomic E-state index is 12.9. The highest BCUT2D eigenvalue weighted by atomic mass is 16.5. The van der Waals surface area contributed by atoms with Gasteiger partial charge in [-0.2, -0.15) is 0 Å². The number of anilines is 2. The highest BCUT2D eigenvalue weighted by molar-refractivity contribution is 6.06. The lowest BCUT2D eigenvalue weighted by atomic mass is 10.1. The number of benzene rings is 2. The van der Waals surface area contributed by atoms with E-state index in [1.807, 2.05) is 20.8 Å². The van der Waals surface area contributed by atoms with E-state index in [-0.39, 0.29) is 18.4 Å². The van der Waals surface area contributed by atoms with E-state index in [9.17, 15) is 9.59 Å². The quantitative estimate of drug-likeness (QED) is 0.712. The van der Waals surface area contributed by atoms with Gasteiger partial charge in [-0.05, 0) is 51.1 Å². The molecule has 1 heterocycles. The van der Waals surface area contributed by atoms with Crippen molar-refractivity contribution in [1.29, 1.82) is 0 Å². The van der Waals surface area contributed by atoms with Crippen LogP contribution in [0.1, 0.15) is 31.1 Å². The Bertz CT molecular complexity index is 916. The van der Waals surface area contributed by atoms with Crippen LogP contribution in [0.4, 0.5) is 11.4 Å². The fourth-order valence-electron chi connectivity index (χ4n) is 3.07. The summed E-state index contributed by atoms with van der Waals surface area (Å²) in [5.74, 6) is 1.46. The van der Waals surface area contributed by atoms with Gasteiger partial charge in [-0.15, -0.1) is 0 Å². The average Bonchev–Trinajstić information content (AvgIpc) is 2.73. The second-order valence-electron chi connectivity index (χ2n) is 6.48. The first-order valence-corrected chi connectivity index (χ1v) is 9.89. The fraction of sp³-hybridized carbons (Fsp3) is 0.364. The van der Waals surface area contributed by atoms with E-state index in [0.29, 0.717) is 59.8 Å². The molecule has 0 bridgehead atoms. The summed E-state index contributed by atoms with van der Waals surface area (Å²) < 4.78 is 22.4. The Morgan fingerprint density at radius 2 is 1.67 bits per heavy atom. The summed E-state index contributed by atoms with van der Waals surface area (Å²) in [5.41, 5.74) is 1.50. The molecule has 0 saturated carbocycles. The summed E-state index contributed by atoms with van der Waals surface area (Å²) >= 11 is 0. The minimum atomic E-state index is -0.342. The molecule has 0 aliphatic carbocycles. The molecule has 2 amide bonds. The van der Waals surface area contributed by atoms with E-state index >= 15 is 0 Å². The third kappa shape index (κ3) is 4.42. The molecule has 160 valence electrons. The third-order valence-corrected chi connectivity index (χ3v) is 4.47. The van der Waals surface area contributed by atoms with E-state index < -0.39 is 0 Å². The highest BCUT2D eigenvalue weighted by Crippen LogP contribution is 2.39. The fourth-order valence-corrected chi connectivity index (χ4v) is 3.07. The Balaban J connectivity index is 1.90. The Kier molecular flexibility index (Phi) is 6.66. The van der Waals surface area contributed by atoms with E-state index in [2.05, 4.69) is 5.32 Å². The van der Waals surface area contributed by atoms with Crippen LogP contribution in [-0.2, 0) is 4.79 Å². The first-order valence-electron chi connectivity index (χ1n) is 9.89. The van der Waals surface area contributed by atoms with Gasteiger partial charge in [0.05, 0.1) is 25.5 Å². The van der Waals surface area contributed by atoms with Crippen LogP contribution < -0.4 is 29.2 Å². The summed E-state index contributed by atoms with van der Waals surface area (Å²) in [6, 6.07) is 8.41. The van der Waals surface area contributed by atoms with E-state index in [1.54, 1.807) is 37.4 Å². The normalized spacial score (nSPS) is 12.7. The number of ether oxygens (including phenoxy) is 4. The molecular weight excluding hydrogens is 388 g/mol. The standard InChI is InChI=1S/C22H26N2O6/c1-5-27-18-10-14(11-19(28-6-2)21(18)29-7-3)22(26)23-15-8-9-17-16(12-15)24(4)20(25)13-30-17/h8-12H,5-7,13H2,1-4H3,(H,23,26). The number of likely N-dealkylation sites (N-methyl/N-ethyl adjacent to an activating group) is 1. The van der Waals surface area contributed by atoms with Crippen LogP contribution >= 0.6 is 0 Å². The van der Waals surface area contributed by atoms with Crippen molar-refractivity contribution in [3.8, 4) is 23.0 Å². The SMILES string of the molecule is CCOc1cc(C(=O)Nc2ccc3c(c2)N(C)C(=O)CO3)cc(OCC)c1OCC. The number of carbonyl (C=O) groups is 2. The van der Waals surface area contributed by atoms with E-state index in [4.69, 9.17) is 18.9 Å². The van der Waals surface area contributed by atoms with Gasteiger partial charge in [0.2, 0.25) is 5.75 Å². The van der Waals surface area contributed by atoms with Crippen LogP contribution in [0.15, 0.2) is 30.3 Å². The monoisotopic (exact) mass is 414 g/mol.